The molecule has 0 saturated heterocycles. The molecule has 2 aromatic carbocycles. The van der Waals surface area contributed by atoms with Gasteiger partial charge in [0.2, 0.25) is 5.91 Å². The van der Waals surface area contributed by atoms with Crippen molar-refractivity contribution in [2.24, 2.45) is 0 Å². The molecule has 1 aromatic heterocycles. The highest BCUT2D eigenvalue weighted by Crippen LogP contribution is 2.28. The quantitative estimate of drug-likeness (QED) is 0.648. The smallest absolute Gasteiger partial charge is 0.224 e. The van der Waals surface area contributed by atoms with E-state index >= 15 is 0 Å². The molecule has 1 N–H and O–H groups in total. The van der Waals surface area contributed by atoms with E-state index in [-0.39, 0.29) is 18.1 Å². The lowest BCUT2D eigenvalue weighted by Crippen LogP contribution is -2.24. The Labute approximate surface area is 163 Å². The summed E-state index contributed by atoms with van der Waals surface area (Å²) < 4.78 is 24.1. The number of benzene rings is 2. The summed E-state index contributed by atoms with van der Waals surface area (Å²) in [5, 5.41) is 2.85. The average molecular weight is 380 g/mol. The summed E-state index contributed by atoms with van der Waals surface area (Å²) in [7, 11) is 1.57. The lowest BCUT2D eigenvalue weighted by atomic mass is 10.1. The molecule has 0 atom stereocenters. The maximum Gasteiger partial charge on any atom is 0.224 e. The number of ether oxygens (including phenoxy) is 2. The van der Waals surface area contributed by atoms with Gasteiger partial charge in [-0.15, -0.1) is 0 Å². The number of aromatic nitrogens is 1. The number of carbonyl (C=O) groups is 1. The molecule has 0 unspecified atom stereocenters. The third kappa shape index (κ3) is 5.54. The predicted molar refractivity (Wildman–Crippen MR) is 104 cm³/mol. The van der Waals surface area contributed by atoms with Gasteiger partial charge in [0.25, 0.3) is 0 Å². The maximum atomic E-state index is 12.9. The van der Waals surface area contributed by atoms with Gasteiger partial charge in [0, 0.05) is 24.5 Å². The topological polar surface area (TPSA) is 60.5 Å². The highest BCUT2D eigenvalue weighted by molar-refractivity contribution is 5.78. The standard InChI is InChI=1S/C22H21FN2O3/c1-27-21-11-17(6-9-20(21)28-15-18-3-2-10-24-13-18)14-25-22(26)12-16-4-7-19(23)8-5-16/h2-11,13H,12,14-15H2,1H3,(H,25,26). The Morgan fingerprint density at radius 1 is 1.04 bits per heavy atom. The second-order valence-electron chi connectivity index (χ2n) is 6.22. The summed E-state index contributed by atoms with van der Waals surface area (Å²) in [6.45, 7) is 0.747. The molecule has 0 aliphatic heterocycles. The molecule has 0 fully saturated rings. The van der Waals surface area contributed by atoms with E-state index in [1.165, 1.54) is 12.1 Å². The Kier molecular flexibility index (Phi) is 6.57. The summed E-state index contributed by atoms with van der Waals surface area (Å²) >= 11 is 0. The number of hydrogen-bond acceptors (Lipinski definition) is 4. The first-order chi connectivity index (χ1) is 13.6. The van der Waals surface area contributed by atoms with Crippen LogP contribution in [0.15, 0.2) is 67.0 Å². The zero-order chi connectivity index (χ0) is 19.8. The Hall–Kier alpha value is -3.41. The first-order valence-electron chi connectivity index (χ1n) is 8.84. The Morgan fingerprint density at radius 2 is 1.82 bits per heavy atom. The Bertz CT molecular complexity index is 915. The number of amides is 1. The minimum absolute atomic E-state index is 0.137. The second kappa shape index (κ2) is 9.50. The van der Waals surface area contributed by atoms with Crippen LogP contribution < -0.4 is 14.8 Å². The fraction of sp³-hybridized carbons (Fsp3) is 0.182. The van der Waals surface area contributed by atoms with Crippen molar-refractivity contribution in [1.29, 1.82) is 0 Å². The van der Waals surface area contributed by atoms with E-state index in [4.69, 9.17) is 9.47 Å². The molecule has 144 valence electrons. The number of methoxy groups -OCH3 is 1. The monoisotopic (exact) mass is 380 g/mol. The molecule has 0 aliphatic carbocycles. The number of rotatable bonds is 8. The number of hydrogen-bond donors (Lipinski definition) is 1. The van der Waals surface area contributed by atoms with Crippen LogP contribution in [0.2, 0.25) is 0 Å². The van der Waals surface area contributed by atoms with Gasteiger partial charge in [-0.25, -0.2) is 4.39 Å². The van der Waals surface area contributed by atoms with Crippen molar-refractivity contribution < 1.29 is 18.7 Å². The van der Waals surface area contributed by atoms with Crippen molar-refractivity contribution in [3.05, 3.63) is 89.5 Å². The molecule has 0 spiro atoms. The zero-order valence-corrected chi connectivity index (χ0v) is 15.5. The van der Waals surface area contributed by atoms with E-state index in [9.17, 15) is 9.18 Å². The summed E-state index contributed by atoms with van der Waals surface area (Å²) in [5.41, 5.74) is 2.61. The molecule has 5 nitrogen and oxygen atoms in total. The van der Waals surface area contributed by atoms with Gasteiger partial charge >= 0.3 is 0 Å². The largest absolute Gasteiger partial charge is 0.493 e. The minimum atomic E-state index is -0.318. The Balaban J connectivity index is 1.55. The number of nitrogens with one attached hydrogen (secondary N) is 1. The minimum Gasteiger partial charge on any atom is -0.493 e. The van der Waals surface area contributed by atoms with Gasteiger partial charge in [-0.2, -0.15) is 0 Å². The van der Waals surface area contributed by atoms with E-state index in [0.29, 0.717) is 24.7 Å². The molecule has 6 heteroatoms. The number of halogens is 1. The molecule has 0 aliphatic rings. The van der Waals surface area contributed by atoms with Crippen molar-refractivity contribution in [2.45, 2.75) is 19.6 Å². The third-order valence-electron chi connectivity index (χ3n) is 4.11. The molecule has 0 radical (unpaired) electrons. The van der Waals surface area contributed by atoms with Crippen molar-refractivity contribution in [3.8, 4) is 11.5 Å². The van der Waals surface area contributed by atoms with E-state index in [1.54, 1.807) is 31.6 Å². The Morgan fingerprint density at radius 3 is 2.54 bits per heavy atom. The van der Waals surface area contributed by atoms with Gasteiger partial charge in [-0.3, -0.25) is 9.78 Å². The molecule has 3 rings (SSSR count). The number of carbonyl (C=O) groups excluding carboxylic acids is 1. The predicted octanol–water partition coefficient (Wildman–Crippen LogP) is 3.67. The van der Waals surface area contributed by atoms with Crippen molar-refractivity contribution in [1.82, 2.24) is 10.3 Å². The van der Waals surface area contributed by atoms with Gasteiger partial charge in [0.1, 0.15) is 12.4 Å². The zero-order valence-electron chi connectivity index (χ0n) is 15.5. The van der Waals surface area contributed by atoms with Crippen molar-refractivity contribution in [2.75, 3.05) is 7.11 Å². The van der Waals surface area contributed by atoms with E-state index in [1.807, 2.05) is 30.3 Å². The summed E-state index contributed by atoms with van der Waals surface area (Å²) in [6, 6.07) is 15.2. The lowest BCUT2D eigenvalue weighted by molar-refractivity contribution is -0.120. The first kappa shape index (κ1) is 19.4. The van der Waals surface area contributed by atoms with Crippen LogP contribution in [-0.4, -0.2) is 18.0 Å². The van der Waals surface area contributed by atoms with Crippen LogP contribution in [0.5, 0.6) is 11.5 Å². The third-order valence-corrected chi connectivity index (χ3v) is 4.11. The van der Waals surface area contributed by atoms with Crippen molar-refractivity contribution >= 4 is 5.91 Å². The molecular formula is C22H21FN2O3. The van der Waals surface area contributed by atoms with Crippen LogP contribution >= 0.6 is 0 Å². The molecule has 3 aromatic rings. The highest BCUT2D eigenvalue weighted by atomic mass is 19.1. The van der Waals surface area contributed by atoms with E-state index < -0.39 is 0 Å². The van der Waals surface area contributed by atoms with Gasteiger partial charge in [0.05, 0.1) is 13.5 Å². The van der Waals surface area contributed by atoms with Gasteiger partial charge in [-0.1, -0.05) is 24.3 Å². The van der Waals surface area contributed by atoms with Crippen LogP contribution in [0.3, 0.4) is 0 Å². The number of nitrogens with zero attached hydrogens (tertiary/aromatic N) is 1. The van der Waals surface area contributed by atoms with Crippen LogP contribution in [0, 0.1) is 5.82 Å². The fourth-order valence-electron chi connectivity index (χ4n) is 2.64. The van der Waals surface area contributed by atoms with Gasteiger partial charge in [-0.05, 0) is 41.5 Å². The normalized spacial score (nSPS) is 10.4. The van der Waals surface area contributed by atoms with Gasteiger partial charge < -0.3 is 14.8 Å². The van der Waals surface area contributed by atoms with Crippen LogP contribution in [0.1, 0.15) is 16.7 Å². The fourth-order valence-corrected chi connectivity index (χ4v) is 2.64. The maximum absolute atomic E-state index is 12.9. The molecule has 1 heterocycles. The molecule has 28 heavy (non-hydrogen) atoms. The first-order valence-corrected chi connectivity index (χ1v) is 8.84. The van der Waals surface area contributed by atoms with E-state index in [2.05, 4.69) is 10.3 Å². The molecular weight excluding hydrogens is 359 g/mol. The van der Waals surface area contributed by atoms with Gasteiger partial charge in [0.15, 0.2) is 11.5 Å². The summed E-state index contributed by atoms with van der Waals surface area (Å²) in [6.07, 6.45) is 3.66. The van der Waals surface area contributed by atoms with Crippen molar-refractivity contribution in [3.63, 3.8) is 0 Å². The lowest BCUT2D eigenvalue weighted by Gasteiger charge is -2.13. The van der Waals surface area contributed by atoms with E-state index in [0.717, 1.165) is 16.7 Å². The van der Waals surface area contributed by atoms with Crippen LogP contribution in [-0.2, 0) is 24.4 Å². The average Bonchev–Trinajstić information content (AvgIpc) is 2.73. The number of pyridine rings is 1. The van der Waals surface area contributed by atoms with Crippen LogP contribution in [0.25, 0.3) is 0 Å². The van der Waals surface area contributed by atoms with Crippen LogP contribution in [0.4, 0.5) is 4.39 Å². The molecule has 0 bridgehead atoms. The SMILES string of the molecule is COc1cc(CNC(=O)Cc2ccc(F)cc2)ccc1OCc1cccnc1. The molecule has 1 amide bonds. The molecule has 0 saturated carbocycles. The summed E-state index contributed by atoms with van der Waals surface area (Å²) in [4.78, 5) is 16.1. The highest BCUT2D eigenvalue weighted by Gasteiger charge is 2.08. The summed E-state index contributed by atoms with van der Waals surface area (Å²) in [5.74, 6) is 0.756. The second-order valence-corrected chi connectivity index (χ2v) is 6.22.